The molecule has 1 fully saturated rings. The molecule has 2 rings (SSSR count). The molecule has 5 N–H and O–H groups in total. The van der Waals surface area contributed by atoms with Crippen molar-refractivity contribution in [3.63, 3.8) is 0 Å². The van der Waals surface area contributed by atoms with Gasteiger partial charge < -0.3 is 35.6 Å². The number of amides is 3. The maximum Gasteiger partial charge on any atom is 0.407 e. The van der Waals surface area contributed by atoms with Crippen LogP contribution in [-0.4, -0.2) is 69.4 Å². The Balaban J connectivity index is 1.74. The van der Waals surface area contributed by atoms with Crippen molar-refractivity contribution in [3.8, 4) is 17.2 Å². The van der Waals surface area contributed by atoms with Gasteiger partial charge in [0.25, 0.3) is 5.91 Å². The number of carbonyl (C=O) groups is 3. The smallest absolute Gasteiger partial charge is 0.407 e. The minimum atomic E-state index is -0.681. The number of phenols is 3. The van der Waals surface area contributed by atoms with E-state index in [1.807, 2.05) is 0 Å². The van der Waals surface area contributed by atoms with Crippen molar-refractivity contribution in [2.75, 3.05) is 19.6 Å². The Morgan fingerprint density at radius 2 is 1.67 bits per heavy atom. The molecule has 0 spiro atoms. The van der Waals surface area contributed by atoms with E-state index in [-0.39, 0.29) is 30.5 Å². The number of aromatic hydroxyl groups is 3. The summed E-state index contributed by atoms with van der Waals surface area (Å²) >= 11 is 0. The minimum Gasteiger partial charge on any atom is -0.504 e. The van der Waals surface area contributed by atoms with Crippen LogP contribution in [0.3, 0.4) is 0 Å². The van der Waals surface area contributed by atoms with E-state index in [1.165, 1.54) is 0 Å². The summed E-state index contributed by atoms with van der Waals surface area (Å²) in [6.07, 6.45) is 0.686. The predicted octanol–water partition coefficient (Wildman–Crippen LogP) is 1.44. The van der Waals surface area contributed by atoms with Crippen LogP contribution in [0.2, 0.25) is 0 Å². The van der Waals surface area contributed by atoms with Crippen molar-refractivity contribution < 1.29 is 34.4 Å². The van der Waals surface area contributed by atoms with Crippen molar-refractivity contribution in [1.82, 2.24) is 15.5 Å². The third kappa shape index (κ3) is 6.71. The largest absolute Gasteiger partial charge is 0.504 e. The quantitative estimate of drug-likeness (QED) is 0.450. The number of benzene rings is 1. The topological polar surface area (TPSA) is 148 Å². The zero-order chi connectivity index (χ0) is 22.5. The van der Waals surface area contributed by atoms with E-state index in [1.54, 1.807) is 25.7 Å². The number of hydrogen-bond acceptors (Lipinski definition) is 7. The Morgan fingerprint density at radius 3 is 2.20 bits per heavy atom. The Morgan fingerprint density at radius 1 is 1.10 bits per heavy atom. The van der Waals surface area contributed by atoms with Crippen molar-refractivity contribution in [2.45, 2.75) is 51.7 Å². The number of likely N-dealkylation sites (tertiary alicyclic amines) is 1. The molecule has 10 heteroatoms. The summed E-state index contributed by atoms with van der Waals surface area (Å²) in [5, 5.41) is 33.8. The number of ether oxygens (including phenoxy) is 1. The van der Waals surface area contributed by atoms with Gasteiger partial charge in [-0.1, -0.05) is 0 Å². The third-order valence-corrected chi connectivity index (χ3v) is 4.52. The first-order chi connectivity index (χ1) is 14.0. The third-order valence-electron chi connectivity index (χ3n) is 4.52. The Labute approximate surface area is 174 Å². The molecule has 0 bridgehead atoms. The number of piperidine rings is 1. The van der Waals surface area contributed by atoms with Crippen LogP contribution < -0.4 is 10.6 Å². The number of rotatable bonds is 5. The highest BCUT2D eigenvalue weighted by atomic mass is 16.6. The second-order valence-corrected chi connectivity index (χ2v) is 8.17. The number of nitrogens with zero attached hydrogens (tertiary/aromatic N) is 1. The summed E-state index contributed by atoms with van der Waals surface area (Å²) in [5.74, 6) is -2.43. The number of carbonyl (C=O) groups excluding carboxylic acids is 3. The number of hydrogen-bond donors (Lipinski definition) is 5. The average Bonchev–Trinajstić information content (AvgIpc) is 2.64. The van der Waals surface area contributed by atoms with Gasteiger partial charge in [0.2, 0.25) is 5.91 Å². The molecule has 0 aliphatic carbocycles. The first-order valence-corrected chi connectivity index (χ1v) is 9.76. The van der Waals surface area contributed by atoms with Crippen molar-refractivity contribution in [1.29, 1.82) is 0 Å². The van der Waals surface area contributed by atoms with Gasteiger partial charge in [0.05, 0.1) is 0 Å². The lowest BCUT2D eigenvalue weighted by Crippen LogP contribution is -2.47. The van der Waals surface area contributed by atoms with Gasteiger partial charge in [-0.15, -0.1) is 0 Å². The molecule has 0 radical (unpaired) electrons. The lowest BCUT2D eigenvalue weighted by molar-refractivity contribution is -0.132. The van der Waals surface area contributed by atoms with Crippen molar-refractivity contribution in [2.24, 2.45) is 0 Å². The monoisotopic (exact) mass is 423 g/mol. The van der Waals surface area contributed by atoms with Gasteiger partial charge in [0, 0.05) is 37.7 Å². The Hall–Kier alpha value is -3.17. The number of phenolic OH excluding ortho intramolecular Hbond substituents is 3. The summed E-state index contributed by atoms with van der Waals surface area (Å²) < 4.78 is 5.11. The van der Waals surface area contributed by atoms with Crippen LogP contribution in [0.25, 0.3) is 0 Å². The molecule has 0 aromatic heterocycles. The molecule has 1 aromatic rings. The van der Waals surface area contributed by atoms with Crippen LogP contribution in [0.15, 0.2) is 12.1 Å². The Kier molecular flexibility index (Phi) is 7.36. The summed E-state index contributed by atoms with van der Waals surface area (Å²) in [6, 6.07) is 1.97. The first-order valence-electron chi connectivity index (χ1n) is 9.76. The number of alkyl carbamates (subject to hydrolysis) is 1. The normalized spacial score (nSPS) is 14.8. The standard InChI is InChI=1S/C20H29N3O7/c1-20(2,3)30-19(29)21-7-4-16(26)23-8-5-13(6-9-23)22-18(28)12-10-14(24)17(27)15(25)11-12/h10-11,13,24-25,27H,4-9H2,1-3H3,(H,21,29)(H,22,28). The molecule has 166 valence electrons. The summed E-state index contributed by atoms with van der Waals surface area (Å²) in [5.41, 5.74) is -0.576. The molecule has 1 aromatic carbocycles. The Bertz CT molecular complexity index is 773. The van der Waals surface area contributed by atoms with Gasteiger partial charge in [-0.05, 0) is 45.7 Å². The molecular formula is C20H29N3O7. The second-order valence-electron chi connectivity index (χ2n) is 8.17. The highest BCUT2D eigenvalue weighted by Gasteiger charge is 2.25. The fourth-order valence-electron chi connectivity index (χ4n) is 3.02. The van der Waals surface area contributed by atoms with E-state index in [0.29, 0.717) is 25.9 Å². The van der Waals surface area contributed by atoms with Gasteiger partial charge in [-0.25, -0.2) is 4.79 Å². The molecule has 1 heterocycles. The summed E-state index contributed by atoms with van der Waals surface area (Å²) in [6.45, 7) is 6.37. The van der Waals surface area contributed by atoms with Crippen LogP contribution >= 0.6 is 0 Å². The molecular weight excluding hydrogens is 394 g/mol. The lowest BCUT2D eigenvalue weighted by atomic mass is 10.0. The van der Waals surface area contributed by atoms with Crippen LogP contribution in [0, 0.1) is 0 Å². The zero-order valence-corrected chi connectivity index (χ0v) is 17.4. The maximum absolute atomic E-state index is 12.3. The van der Waals surface area contributed by atoms with Crippen molar-refractivity contribution in [3.05, 3.63) is 17.7 Å². The predicted molar refractivity (Wildman–Crippen MR) is 107 cm³/mol. The van der Waals surface area contributed by atoms with E-state index in [9.17, 15) is 29.7 Å². The minimum absolute atomic E-state index is 0.0227. The molecule has 0 atom stereocenters. The molecule has 10 nitrogen and oxygen atoms in total. The van der Waals surface area contributed by atoms with Gasteiger partial charge in [0.15, 0.2) is 17.2 Å². The highest BCUT2D eigenvalue weighted by Crippen LogP contribution is 2.35. The molecule has 1 aliphatic rings. The summed E-state index contributed by atoms with van der Waals surface area (Å²) in [7, 11) is 0. The van der Waals surface area contributed by atoms with Gasteiger partial charge in [-0.3, -0.25) is 9.59 Å². The van der Waals surface area contributed by atoms with Gasteiger partial charge in [0.1, 0.15) is 5.60 Å². The second kappa shape index (κ2) is 9.55. The van der Waals surface area contributed by atoms with E-state index in [4.69, 9.17) is 4.74 Å². The van der Waals surface area contributed by atoms with E-state index in [2.05, 4.69) is 10.6 Å². The zero-order valence-electron chi connectivity index (χ0n) is 17.4. The van der Waals surface area contributed by atoms with Gasteiger partial charge >= 0.3 is 6.09 Å². The van der Waals surface area contributed by atoms with Crippen LogP contribution in [0.5, 0.6) is 17.2 Å². The fraction of sp³-hybridized carbons (Fsp3) is 0.550. The lowest BCUT2D eigenvalue weighted by Gasteiger charge is -2.32. The molecule has 0 saturated carbocycles. The molecule has 3 amide bonds. The first kappa shape index (κ1) is 23.1. The van der Waals surface area contributed by atoms with Crippen molar-refractivity contribution >= 4 is 17.9 Å². The van der Waals surface area contributed by atoms with E-state index in [0.717, 1.165) is 12.1 Å². The summed E-state index contributed by atoms with van der Waals surface area (Å²) in [4.78, 5) is 37.9. The number of nitrogens with one attached hydrogen (secondary N) is 2. The molecule has 1 aliphatic heterocycles. The SMILES string of the molecule is CC(C)(C)OC(=O)NCCC(=O)N1CCC(NC(=O)c2cc(O)c(O)c(O)c2)CC1. The maximum atomic E-state index is 12.3. The molecule has 30 heavy (non-hydrogen) atoms. The molecule has 0 unspecified atom stereocenters. The van der Waals surface area contributed by atoms with Crippen LogP contribution in [-0.2, 0) is 9.53 Å². The van der Waals surface area contributed by atoms with E-state index < -0.39 is 34.9 Å². The average molecular weight is 423 g/mol. The highest BCUT2D eigenvalue weighted by molar-refractivity contribution is 5.95. The van der Waals surface area contributed by atoms with E-state index >= 15 is 0 Å². The van der Waals surface area contributed by atoms with Gasteiger partial charge in [-0.2, -0.15) is 0 Å². The van der Waals surface area contributed by atoms with Crippen LogP contribution in [0.4, 0.5) is 4.79 Å². The van der Waals surface area contributed by atoms with Crippen LogP contribution in [0.1, 0.15) is 50.4 Å². The fourth-order valence-corrected chi connectivity index (χ4v) is 3.02. The molecule has 1 saturated heterocycles.